The highest BCUT2D eigenvalue weighted by atomic mass is 19.3. The molecule has 0 fully saturated rings. The third kappa shape index (κ3) is 4.37. The third-order valence-electron chi connectivity index (χ3n) is 3.75. The van der Waals surface area contributed by atoms with Crippen LogP contribution in [0, 0.1) is 11.3 Å². The summed E-state index contributed by atoms with van der Waals surface area (Å²) in [6.45, 7) is -2.52. The Bertz CT molecular complexity index is 904. The lowest BCUT2D eigenvalue weighted by Crippen LogP contribution is -2.03. The summed E-state index contributed by atoms with van der Waals surface area (Å²) < 4.78 is 35.2. The second-order valence-electron chi connectivity index (χ2n) is 5.50. The summed E-state index contributed by atoms with van der Waals surface area (Å²) in [5, 5.41) is 8.99. The Morgan fingerprint density at radius 2 is 1.58 bits per heavy atom. The molecule has 0 bridgehead atoms. The lowest BCUT2D eigenvalue weighted by Gasteiger charge is -2.10. The zero-order valence-electron chi connectivity index (χ0n) is 13.7. The third-order valence-corrected chi connectivity index (χ3v) is 3.75. The zero-order chi connectivity index (χ0) is 18.4. The minimum atomic E-state index is -2.98. The van der Waals surface area contributed by atoms with Crippen LogP contribution in [0.25, 0.3) is 11.1 Å². The van der Waals surface area contributed by atoms with Gasteiger partial charge < -0.3 is 9.47 Å². The van der Waals surface area contributed by atoms with Crippen molar-refractivity contribution < 1.29 is 18.3 Å². The first-order valence-electron chi connectivity index (χ1n) is 7.92. The van der Waals surface area contributed by atoms with Gasteiger partial charge in [-0.05, 0) is 41.0 Å². The van der Waals surface area contributed by atoms with Crippen molar-refractivity contribution in [1.29, 1.82) is 5.26 Å². The maximum Gasteiger partial charge on any atom is 0.387 e. The molecule has 3 aromatic carbocycles. The number of hydrogen-bond acceptors (Lipinski definition) is 3. The Labute approximate surface area is 150 Å². The van der Waals surface area contributed by atoms with Crippen molar-refractivity contribution in [1.82, 2.24) is 0 Å². The predicted molar refractivity (Wildman–Crippen MR) is 94.0 cm³/mol. The van der Waals surface area contributed by atoms with E-state index >= 15 is 0 Å². The van der Waals surface area contributed by atoms with E-state index in [9.17, 15) is 8.78 Å². The number of rotatable bonds is 6. The summed E-state index contributed by atoms with van der Waals surface area (Å²) in [6.07, 6.45) is 0. The van der Waals surface area contributed by atoms with Crippen LogP contribution in [0.4, 0.5) is 8.78 Å². The molecule has 3 aromatic rings. The number of hydrogen-bond donors (Lipinski definition) is 0. The van der Waals surface area contributed by atoms with Crippen molar-refractivity contribution in [3.8, 4) is 28.7 Å². The molecule has 0 aromatic heterocycles. The van der Waals surface area contributed by atoms with Gasteiger partial charge in [0.1, 0.15) is 24.2 Å². The molecule has 0 N–H and O–H groups in total. The van der Waals surface area contributed by atoms with Gasteiger partial charge in [0.15, 0.2) is 0 Å². The Morgan fingerprint density at radius 3 is 2.23 bits per heavy atom. The van der Waals surface area contributed by atoms with Crippen LogP contribution in [0.3, 0.4) is 0 Å². The first-order chi connectivity index (χ1) is 12.7. The maximum absolute atomic E-state index is 12.5. The van der Waals surface area contributed by atoms with E-state index in [2.05, 4.69) is 4.74 Å². The quantitative estimate of drug-likeness (QED) is 0.597. The highest BCUT2D eigenvalue weighted by Gasteiger charge is 2.11. The summed E-state index contributed by atoms with van der Waals surface area (Å²) in [6, 6.07) is 23.5. The van der Waals surface area contributed by atoms with Gasteiger partial charge in [-0.2, -0.15) is 14.0 Å². The Balaban J connectivity index is 1.75. The van der Waals surface area contributed by atoms with E-state index in [1.165, 1.54) is 12.1 Å². The largest absolute Gasteiger partial charge is 0.489 e. The minimum Gasteiger partial charge on any atom is -0.489 e. The van der Waals surface area contributed by atoms with Gasteiger partial charge in [-0.25, -0.2) is 0 Å². The van der Waals surface area contributed by atoms with Gasteiger partial charge in [0.05, 0.1) is 5.56 Å². The molecule has 0 atom stereocenters. The number of nitriles is 1. The molecule has 0 aliphatic rings. The average Bonchev–Trinajstić information content (AvgIpc) is 2.67. The Morgan fingerprint density at radius 1 is 0.885 bits per heavy atom. The van der Waals surface area contributed by atoms with Crippen molar-refractivity contribution in [2.24, 2.45) is 0 Å². The summed E-state index contributed by atoms with van der Waals surface area (Å²) in [4.78, 5) is 0. The molecule has 0 aliphatic heterocycles. The van der Waals surface area contributed by atoms with Gasteiger partial charge >= 0.3 is 6.61 Å². The molecule has 0 spiro atoms. The number of ether oxygens (including phenoxy) is 2. The number of nitrogens with zero attached hydrogens (tertiary/aromatic N) is 1. The molecule has 0 amide bonds. The maximum atomic E-state index is 12.5. The standard InChI is InChI=1S/C21H15F2NO2/c22-21(23)26-20-12-17(6-7-18(20)13-24)16-8-10-19(11-9-16)25-14-15-4-2-1-3-5-15/h1-12,21H,14H2. The fourth-order valence-electron chi connectivity index (χ4n) is 2.47. The van der Waals surface area contributed by atoms with Crippen molar-refractivity contribution in [2.45, 2.75) is 13.2 Å². The molecule has 0 saturated carbocycles. The first kappa shape index (κ1) is 17.4. The SMILES string of the molecule is N#Cc1ccc(-c2ccc(OCc3ccccc3)cc2)cc1OC(F)F. The van der Waals surface area contributed by atoms with Crippen LogP contribution in [0.15, 0.2) is 72.8 Å². The van der Waals surface area contributed by atoms with Gasteiger partial charge in [0, 0.05) is 0 Å². The fourth-order valence-corrected chi connectivity index (χ4v) is 2.47. The molecule has 3 rings (SSSR count). The summed E-state index contributed by atoms with van der Waals surface area (Å²) >= 11 is 0. The minimum absolute atomic E-state index is 0.0665. The second kappa shape index (κ2) is 8.13. The van der Waals surface area contributed by atoms with Crippen LogP contribution in [-0.2, 0) is 6.61 Å². The number of benzene rings is 3. The molecule has 0 aliphatic carbocycles. The van der Waals surface area contributed by atoms with Gasteiger partial charge in [0.2, 0.25) is 0 Å². The zero-order valence-corrected chi connectivity index (χ0v) is 13.7. The number of alkyl halides is 2. The fraction of sp³-hybridized carbons (Fsp3) is 0.0952. The highest BCUT2D eigenvalue weighted by molar-refractivity contribution is 5.67. The molecule has 0 radical (unpaired) electrons. The van der Waals surface area contributed by atoms with E-state index in [1.54, 1.807) is 6.07 Å². The molecule has 5 heteroatoms. The van der Waals surface area contributed by atoms with Crippen molar-refractivity contribution >= 4 is 0 Å². The van der Waals surface area contributed by atoms with E-state index in [0.29, 0.717) is 17.9 Å². The number of halogens is 2. The normalized spacial score (nSPS) is 10.4. The molecule has 130 valence electrons. The van der Waals surface area contributed by atoms with E-state index in [0.717, 1.165) is 11.1 Å². The van der Waals surface area contributed by atoms with Crippen LogP contribution < -0.4 is 9.47 Å². The molecule has 3 nitrogen and oxygen atoms in total. The highest BCUT2D eigenvalue weighted by Crippen LogP contribution is 2.29. The smallest absolute Gasteiger partial charge is 0.387 e. The first-order valence-corrected chi connectivity index (χ1v) is 7.92. The Hall–Kier alpha value is -3.39. The summed E-state index contributed by atoms with van der Waals surface area (Å²) in [7, 11) is 0. The summed E-state index contributed by atoms with van der Waals surface area (Å²) in [5.74, 6) is 0.569. The second-order valence-corrected chi connectivity index (χ2v) is 5.50. The average molecular weight is 351 g/mol. The lowest BCUT2D eigenvalue weighted by atomic mass is 10.0. The van der Waals surface area contributed by atoms with E-state index < -0.39 is 6.61 Å². The van der Waals surface area contributed by atoms with Gasteiger partial charge in [-0.1, -0.05) is 48.5 Å². The van der Waals surface area contributed by atoms with Crippen LogP contribution in [-0.4, -0.2) is 6.61 Å². The molecular weight excluding hydrogens is 336 g/mol. The van der Waals surface area contributed by atoms with Crippen molar-refractivity contribution in [3.05, 3.63) is 83.9 Å². The predicted octanol–water partition coefficient (Wildman–Crippen LogP) is 5.41. The molecule has 26 heavy (non-hydrogen) atoms. The molecule has 0 unspecified atom stereocenters. The Kier molecular flexibility index (Phi) is 5.45. The van der Waals surface area contributed by atoms with Crippen molar-refractivity contribution in [2.75, 3.05) is 0 Å². The van der Waals surface area contributed by atoms with Crippen molar-refractivity contribution in [3.63, 3.8) is 0 Å². The van der Waals surface area contributed by atoms with Gasteiger partial charge in [0.25, 0.3) is 0 Å². The van der Waals surface area contributed by atoms with Gasteiger partial charge in [-0.3, -0.25) is 0 Å². The molecule has 0 saturated heterocycles. The van der Waals surface area contributed by atoms with E-state index in [-0.39, 0.29) is 11.3 Å². The molecular formula is C21H15F2NO2. The van der Waals surface area contributed by atoms with E-state index in [4.69, 9.17) is 10.00 Å². The monoisotopic (exact) mass is 351 g/mol. The summed E-state index contributed by atoms with van der Waals surface area (Å²) in [5.41, 5.74) is 2.62. The van der Waals surface area contributed by atoms with E-state index in [1.807, 2.05) is 60.7 Å². The molecule has 0 heterocycles. The van der Waals surface area contributed by atoms with Gasteiger partial charge in [-0.15, -0.1) is 0 Å². The van der Waals surface area contributed by atoms with Crippen LogP contribution >= 0.6 is 0 Å². The van der Waals surface area contributed by atoms with Crippen LogP contribution in [0.2, 0.25) is 0 Å². The topological polar surface area (TPSA) is 42.2 Å². The van der Waals surface area contributed by atoms with Crippen LogP contribution in [0.1, 0.15) is 11.1 Å². The lowest BCUT2D eigenvalue weighted by molar-refractivity contribution is -0.0500. The van der Waals surface area contributed by atoms with Crippen LogP contribution in [0.5, 0.6) is 11.5 Å².